The first-order valence-corrected chi connectivity index (χ1v) is 11.2. The molecule has 1 amide bonds. The van der Waals surface area contributed by atoms with E-state index in [9.17, 15) is 4.79 Å². The maximum Gasteiger partial charge on any atom is 0.242 e. The highest BCUT2D eigenvalue weighted by molar-refractivity contribution is 9.10. The molecule has 3 rings (SSSR count). The van der Waals surface area contributed by atoms with Gasteiger partial charge in [-0.05, 0) is 45.0 Å². The highest BCUT2D eigenvalue weighted by atomic mass is 79.9. The van der Waals surface area contributed by atoms with Crippen molar-refractivity contribution in [2.24, 2.45) is 5.10 Å². The zero-order chi connectivity index (χ0) is 18.7. The largest absolute Gasteiger partial charge is 0.318 e. The van der Waals surface area contributed by atoms with Crippen LogP contribution in [0.5, 0.6) is 0 Å². The molecule has 7 heteroatoms. The number of hydrogen-bond donors (Lipinski definition) is 1. The Morgan fingerprint density at radius 2 is 2.08 bits per heavy atom. The van der Waals surface area contributed by atoms with E-state index in [-0.39, 0.29) is 9.99 Å². The van der Waals surface area contributed by atoms with Gasteiger partial charge in [-0.3, -0.25) is 4.79 Å². The van der Waals surface area contributed by atoms with Crippen LogP contribution >= 0.6 is 39.5 Å². The van der Waals surface area contributed by atoms with Crippen molar-refractivity contribution in [3.05, 3.63) is 51.8 Å². The fourth-order valence-electron chi connectivity index (χ4n) is 3.09. The van der Waals surface area contributed by atoms with E-state index in [1.54, 1.807) is 6.21 Å². The van der Waals surface area contributed by atoms with Crippen molar-refractivity contribution in [3.8, 4) is 5.69 Å². The molecule has 2 aromatic rings. The predicted octanol–water partition coefficient (Wildman–Crippen LogP) is 4.89. The molecule has 0 atom stereocenters. The summed E-state index contributed by atoms with van der Waals surface area (Å²) in [5, 5.41) is 4.18. The predicted molar refractivity (Wildman–Crippen MR) is 117 cm³/mol. The fourth-order valence-corrected chi connectivity index (χ4v) is 6.31. The van der Waals surface area contributed by atoms with E-state index >= 15 is 0 Å². The molecule has 2 heterocycles. The second-order valence-corrected chi connectivity index (χ2v) is 10.8. The van der Waals surface area contributed by atoms with Gasteiger partial charge in [0.15, 0.2) is 0 Å². The molecular weight excluding hydrogens is 430 g/mol. The molecule has 138 valence electrons. The van der Waals surface area contributed by atoms with Gasteiger partial charge in [0, 0.05) is 38.6 Å². The van der Waals surface area contributed by atoms with Crippen LogP contribution in [0.4, 0.5) is 0 Å². The summed E-state index contributed by atoms with van der Waals surface area (Å²) in [5.41, 5.74) is 6.99. The van der Waals surface area contributed by atoms with E-state index in [1.807, 2.05) is 35.7 Å². The topological polar surface area (TPSA) is 46.4 Å². The number of benzene rings is 1. The van der Waals surface area contributed by atoms with Gasteiger partial charge in [-0.15, -0.1) is 23.5 Å². The number of thioether (sulfide) groups is 2. The maximum absolute atomic E-state index is 12.1. The smallest absolute Gasteiger partial charge is 0.242 e. The summed E-state index contributed by atoms with van der Waals surface area (Å²) in [4.78, 5) is 12.1. The zero-order valence-electron chi connectivity index (χ0n) is 15.1. The van der Waals surface area contributed by atoms with Crippen LogP contribution in [0.2, 0.25) is 0 Å². The Morgan fingerprint density at radius 3 is 2.77 bits per heavy atom. The molecular formula is C19H22BrN3OS2. The summed E-state index contributed by atoms with van der Waals surface area (Å²) in [6.45, 7) is 6.26. The van der Waals surface area contributed by atoms with E-state index < -0.39 is 0 Å². The second kappa shape index (κ2) is 8.23. The van der Waals surface area contributed by atoms with Gasteiger partial charge in [0.05, 0.1) is 16.7 Å². The highest BCUT2D eigenvalue weighted by Crippen LogP contribution is 2.45. The van der Waals surface area contributed by atoms with Crippen molar-refractivity contribution >= 4 is 51.6 Å². The number of halogens is 1. The molecule has 0 radical (unpaired) electrons. The van der Waals surface area contributed by atoms with E-state index in [4.69, 9.17) is 0 Å². The Hall–Kier alpha value is -1.18. The van der Waals surface area contributed by atoms with Gasteiger partial charge in [-0.25, -0.2) is 5.43 Å². The Morgan fingerprint density at radius 1 is 1.35 bits per heavy atom. The van der Waals surface area contributed by atoms with Crippen molar-refractivity contribution in [2.75, 3.05) is 11.5 Å². The lowest BCUT2D eigenvalue weighted by Crippen LogP contribution is -2.26. The summed E-state index contributed by atoms with van der Waals surface area (Å²) in [6, 6.07) is 10.3. The lowest BCUT2D eigenvalue weighted by atomic mass is 10.2. The van der Waals surface area contributed by atoms with E-state index in [0.29, 0.717) is 6.42 Å². The van der Waals surface area contributed by atoms with Gasteiger partial charge in [-0.2, -0.15) is 5.10 Å². The first kappa shape index (κ1) is 19.6. The van der Waals surface area contributed by atoms with Gasteiger partial charge in [0.25, 0.3) is 0 Å². The molecule has 0 unspecified atom stereocenters. The fraction of sp³-hybridized carbons (Fsp3) is 0.368. The third kappa shape index (κ3) is 4.56. The van der Waals surface area contributed by atoms with Gasteiger partial charge >= 0.3 is 0 Å². The first-order chi connectivity index (χ1) is 12.4. The molecule has 0 bridgehead atoms. The molecule has 26 heavy (non-hydrogen) atoms. The number of carbonyl (C=O) groups is 1. The molecule has 1 saturated heterocycles. The van der Waals surface area contributed by atoms with E-state index in [1.165, 1.54) is 0 Å². The number of carbonyl (C=O) groups excluding carboxylic acids is 1. The van der Waals surface area contributed by atoms with Gasteiger partial charge in [0.2, 0.25) is 5.91 Å². The maximum atomic E-state index is 12.1. The van der Waals surface area contributed by atoms with Crippen LogP contribution in [-0.2, 0) is 4.79 Å². The van der Waals surface area contributed by atoms with Crippen molar-refractivity contribution < 1.29 is 4.79 Å². The summed E-state index contributed by atoms with van der Waals surface area (Å²) in [7, 11) is 0. The van der Waals surface area contributed by atoms with Gasteiger partial charge in [-0.1, -0.05) is 22.0 Å². The molecule has 1 aromatic heterocycles. The minimum atomic E-state index is -0.0357. The highest BCUT2D eigenvalue weighted by Gasteiger charge is 2.32. The van der Waals surface area contributed by atoms with Crippen LogP contribution in [0.25, 0.3) is 5.69 Å². The van der Waals surface area contributed by atoms with E-state index in [2.05, 4.69) is 70.0 Å². The van der Waals surface area contributed by atoms with E-state index in [0.717, 1.165) is 38.6 Å². The minimum Gasteiger partial charge on any atom is -0.318 e. The van der Waals surface area contributed by atoms with Crippen LogP contribution in [0.3, 0.4) is 0 Å². The summed E-state index contributed by atoms with van der Waals surface area (Å²) in [5.74, 6) is 2.19. The second-order valence-electron chi connectivity index (χ2n) is 6.44. The number of hydrogen-bond acceptors (Lipinski definition) is 4. The molecule has 4 nitrogen and oxygen atoms in total. The third-order valence-electron chi connectivity index (χ3n) is 4.31. The van der Waals surface area contributed by atoms with Gasteiger partial charge < -0.3 is 4.57 Å². The van der Waals surface area contributed by atoms with Crippen molar-refractivity contribution in [1.82, 2.24) is 9.99 Å². The Bertz CT molecular complexity index is 841. The standard InChI is InChI=1S/C19H22BrN3OS2/c1-13-9-15(14(2)23(13)17-6-4-5-16(20)10-17)12-21-22-18(24)11-19(3)25-7-8-26-19/h4-6,9-10,12H,7-8,11H2,1-3H3,(H,22,24)/b21-12-. The monoisotopic (exact) mass is 451 g/mol. The number of aromatic nitrogens is 1. The Labute approximate surface area is 171 Å². The SMILES string of the molecule is Cc1cc(/C=N\NC(=O)CC2(C)SCCS2)c(C)n1-c1cccc(Br)c1. The molecule has 0 spiro atoms. The Balaban J connectivity index is 1.69. The zero-order valence-corrected chi connectivity index (χ0v) is 18.3. The quantitative estimate of drug-likeness (QED) is 0.519. The normalized spacial score (nSPS) is 16.3. The average molecular weight is 452 g/mol. The Kier molecular flexibility index (Phi) is 6.20. The third-order valence-corrected chi connectivity index (χ3v) is 8.09. The van der Waals surface area contributed by atoms with Crippen LogP contribution in [-0.4, -0.2) is 32.3 Å². The van der Waals surface area contributed by atoms with Crippen molar-refractivity contribution in [2.45, 2.75) is 31.3 Å². The van der Waals surface area contributed by atoms with Gasteiger partial charge in [0.1, 0.15) is 0 Å². The lowest BCUT2D eigenvalue weighted by molar-refractivity contribution is -0.121. The molecule has 1 aliphatic rings. The van der Waals surface area contributed by atoms with Crippen LogP contribution in [0, 0.1) is 13.8 Å². The molecule has 1 fully saturated rings. The summed E-state index contributed by atoms with van der Waals surface area (Å²) < 4.78 is 3.21. The number of nitrogens with one attached hydrogen (secondary N) is 1. The lowest BCUT2D eigenvalue weighted by Gasteiger charge is -2.19. The van der Waals surface area contributed by atoms with Crippen LogP contribution < -0.4 is 5.43 Å². The minimum absolute atomic E-state index is 0.0177. The van der Waals surface area contributed by atoms with Crippen molar-refractivity contribution in [3.63, 3.8) is 0 Å². The number of rotatable bonds is 5. The van der Waals surface area contributed by atoms with Crippen LogP contribution in [0.15, 0.2) is 39.9 Å². The molecule has 0 saturated carbocycles. The summed E-state index contributed by atoms with van der Waals surface area (Å²) >= 11 is 7.23. The molecule has 1 aromatic carbocycles. The number of hydrazone groups is 1. The molecule has 1 N–H and O–H groups in total. The average Bonchev–Trinajstić information content (AvgIpc) is 3.11. The van der Waals surface area contributed by atoms with Crippen molar-refractivity contribution in [1.29, 1.82) is 0 Å². The molecule has 1 aliphatic heterocycles. The van der Waals surface area contributed by atoms with Crippen LogP contribution in [0.1, 0.15) is 30.3 Å². The number of nitrogens with zero attached hydrogens (tertiary/aromatic N) is 2. The summed E-state index contributed by atoms with van der Waals surface area (Å²) in [6.07, 6.45) is 2.21. The molecule has 0 aliphatic carbocycles. The first-order valence-electron chi connectivity index (χ1n) is 8.43. The number of amides is 1. The number of aryl methyl sites for hydroxylation is 1.